The van der Waals surface area contributed by atoms with E-state index >= 15 is 0 Å². The maximum atomic E-state index is 12.5. The first-order valence-electron chi connectivity index (χ1n) is 19.3. The summed E-state index contributed by atoms with van der Waals surface area (Å²) in [6, 6.07) is 0. The average molecular weight is 724 g/mol. The molecule has 0 fully saturated rings. The molecule has 3 N–H and O–H groups in total. The van der Waals surface area contributed by atoms with Crippen LogP contribution in [0.25, 0.3) is 0 Å². The third kappa shape index (κ3) is 35.5. The van der Waals surface area contributed by atoms with Crippen molar-refractivity contribution in [3.05, 3.63) is 60.8 Å². The van der Waals surface area contributed by atoms with Gasteiger partial charge >= 0.3 is 19.8 Å². The van der Waals surface area contributed by atoms with E-state index < -0.39 is 32.5 Å². The standard InChI is InChI=1S/C40H70NO8P/c1-3-5-7-9-11-13-15-17-19-21-23-25-27-29-31-33-40(43)49-38(37-48-50(44,45)47-35-34-41)36-46-39(42)32-30-28-26-24-22-20-18-16-14-12-10-8-6-4-2/h5,7,11,13,16-19,23,25,38H,3-4,6,8-10,12,14-15,20-22,24,26-37,41H2,1-2H3,(H,44,45)/b7-5+,13-11+,18-16+,19-17+,25-23+/t38-/m1/s1. The van der Waals surface area contributed by atoms with Crippen LogP contribution in [0.2, 0.25) is 0 Å². The highest BCUT2D eigenvalue weighted by Crippen LogP contribution is 2.43. The van der Waals surface area contributed by atoms with Crippen molar-refractivity contribution in [2.75, 3.05) is 26.4 Å². The Hall–Kier alpha value is -2.29. The Kier molecular flexibility index (Phi) is 34.8. The van der Waals surface area contributed by atoms with Crippen molar-refractivity contribution in [2.45, 2.75) is 155 Å². The first kappa shape index (κ1) is 47.7. The molecule has 0 aliphatic carbocycles. The van der Waals surface area contributed by atoms with Gasteiger partial charge in [-0.05, 0) is 77.0 Å². The van der Waals surface area contributed by atoms with E-state index in [1.165, 1.54) is 38.5 Å². The van der Waals surface area contributed by atoms with Crippen molar-refractivity contribution in [2.24, 2.45) is 5.73 Å². The summed E-state index contributed by atoms with van der Waals surface area (Å²) in [4.78, 5) is 34.7. The van der Waals surface area contributed by atoms with Crippen LogP contribution in [0.5, 0.6) is 0 Å². The predicted molar refractivity (Wildman–Crippen MR) is 206 cm³/mol. The normalized spacial score (nSPS) is 14.1. The van der Waals surface area contributed by atoms with Crippen LogP contribution in [0.1, 0.15) is 149 Å². The van der Waals surface area contributed by atoms with Gasteiger partial charge in [0.15, 0.2) is 6.10 Å². The van der Waals surface area contributed by atoms with Crippen LogP contribution in [-0.2, 0) is 32.7 Å². The molecule has 0 rings (SSSR count). The maximum absolute atomic E-state index is 12.5. The maximum Gasteiger partial charge on any atom is 0.472 e. The zero-order valence-electron chi connectivity index (χ0n) is 31.4. The first-order chi connectivity index (χ1) is 24.3. The molecule has 0 aromatic carbocycles. The number of nitrogens with two attached hydrogens (primary N) is 1. The third-order valence-corrected chi connectivity index (χ3v) is 8.62. The Balaban J connectivity index is 4.32. The van der Waals surface area contributed by atoms with E-state index in [-0.39, 0.29) is 32.6 Å². The van der Waals surface area contributed by atoms with E-state index in [9.17, 15) is 19.0 Å². The fourth-order valence-electron chi connectivity index (χ4n) is 4.79. The van der Waals surface area contributed by atoms with Gasteiger partial charge < -0.3 is 20.1 Å². The summed E-state index contributed by atoms with van der Waals surface area (Å²) in [7, 11) is -4.39. The molecule has 2 atom stereocenters. The molecule has 0 spiro atoms. The van der Waals surface area contributed by atoms with E-state index in [0.29, 0.717) is 12.8 Å². The second-order valence-electron chi connectivity index (χ2n) is 12.4. The number of esters is 2. The number of carbonyl (C=O) groups excluding carboxylic acids is 2. The van der Waals surface area contributed by atoms with Crippen molar-refractivity contribution in [1.29, 1.82) is 0 Å². The molecule has 0 amide bonds. The summed E-state index contributed by atoms with van der Waals surface area (Å²) in [6.07, 6.45) is 41.1. The molecule has 288 valence electrons. The van der Waals surface area contributed by atoms with E-state index in [1.54, 1.807) is 0 Å². The smallest absolute Gasteiger partial charge is 0.462 e. The molecular weight excluding hydrogens is 653 g/mol. The van der Waals surface area contributed by atoms with Gasteiger partial charge in [0.2, 0.25) is 0 Å². The van der Waals surface area contributed by atoms with Crippen LogP contribution >= 0.6 is 7.82 Å². The highest BCUT2D eigenvalue weighted by molar-refractivity contribution is 7.47. The number of hydrogen-bond donors (Lipinski definition) is 2. The molecule has 1 unspecified atom stereocenters. The molecule has 0 saturated carbocycles. The lowest BCUT2D eigenvalue weighted by Crippen LogP contribution is -2.29. The number of unbranched alkanes of at least 4 members (excludes halogenated alkanes) is 12. The number of allylic oxidation sites excluding steroid dienone is 10. The Morgan fingerprint density at radius 3 is 1.70 bits per heavy atom. The highest BCUT2D eigenvalue weighted by atomic mass is 31.2. The molecule has 9 nitrogen and oxygen atoms in total. The molecule has 0 bridgehead atoms. The Morgan fingerprint density at radius 2 is 1.10 bits per heavy atom. The molecule has 10 heteroatoms. The number of rotatable bonds is 35. The molecule has 0 saturated heterocycles. The molecule has 50 heavy (non-hydrogen) atoms. The van der Waals surface area contributed by atoms with Crippen molar-refractivity contribution < 1.29 is 37.6 Å². The van der Waals surface area contributed by atoms with Crippen LogP contribution in [0.3, 0.4) is 0 Å². The topological polar surface area (TPSA) is 134 Å². The Labute approximate surface area is 304 Å². The van der Waals surface area contributed by atoms with Gasteiger partial charge in [0, 0.05) is 19.4 Å². The van der Waals surface area contributed by atoms with Gasteiger partial charge in [-0.25, -0.2) is 4.57 Å². The molecule has 0 aliphatic heterocycles. The summed E-state index contributed by atoms with van der Waals surface area (Å²) in [6.45, 7) is 3.52. The summed E-state index contributed by atoms with van der Waals surface area (Å²) in [5.41, 5.74) is 5.33. The Morgan fingerprint density at radius 1 is 0.620 bits per heavy atom. The number of ether oxygens (including phenoxy) is 2. The fraction of sp³-hybridized carbons (Fsp3) is 0.700. The fourth-order valence-corrected chi connectivity index (χ4v) is 5.56. The summed E-state index contributed by atoms with van der Waals surface area (Å²) in [5, 5.41) is 0. The minimum atomic E-state index is -4.39. The number of phosphoric ester groups is 1. The zero-order chi connectivity index (χ0) is 36.8. The van der Waals surface area contributed by atoms with Crippen molar-refractivity contribution in [3.8, 4) is 0 Å². The minimum absolute atomic E-state index is 0.0428. The lowest BCUT2D eigenvalue weighted by atomic mass is 10.1. The molecular formula is C40H70NO8P. The first-order valence-corrected chi connectivity index (χ1v) is 20.8. The summed E-state index contributed by atoms with van der Waals surface area (Å²) < 4.78 is 32.6. The number of phosphoric acid groups is 1. The van der Waals surface area contributed by atoms with E-state index in [2.05, 4.69) is 74.6 Å². The van der Waals surface area contributed by atoms with Crippen LogP contribution in [0, 0.1) is 0 Å². The molecule has 0 aromatic rings. The van der Waals surface area contributed by atoms with Crippen molar-refractivity contribution in [3.63, 3.8) is 0 Å². The average Bonchev–Trinajstić information content (AvgIpc) is 3.10. The van der Waals surface area contributed by atoms with Gasteiger partial charge in [-0.3, -0.25) is 18.6 Å². The largest absolute Gasteiger partial charge is 0.472 e. The number of hydrogen-bond acceptors (Lipinski definition) is 8. The lowest BCUT2D eigenvalue weighted by Gasteiger charge is -2.19. The van der Waals surface area contributed by atoms with Crippen LogP contribution in [0.15, 0.2) is 60.8 Å². The van der Waals surface area contributed by atoms with Crippen molar-refractivity contribution in [1.82, 2.24) is 0 Å². The van der Waals surface area contributed by atoms with E-state index in [4.69, 9.17) is 24.3 Å². The minimum Gasteiger partial charge on any atom is -0.462 e. The van der Waals surface area contributed by atoms with Gasteiger partial charge in [-0.15, -0.1) is 0 Å². The molecule has 0 aromatic heterocycles. The van der Waals surface area contributed by atoms with Crippen LogP contribution in [0.4, 0.5) is 0 Å². The van der Waals surface area contributed by atoms with Gasteiger partial charge in [0.1, 0.15) is 6.61 Å². The predicted octanol–water partition coefficient (Wildman–Crippen LogP) is 10.5. The molecule has 0 radical (unpaired) electrons. The number of carbonyl (C=O) groups is 2. The second-order valence-corrected chi connectivity index (χ2v) is 13.9. The van der Waals surface area contributed by atoms with Gasteiger partial charge in [-0.1, -0.05) is 120 Å². The lowest BCUT2D eigenvalue weighted by molar-refractivity contribution is -0.161. The molecule has 0 heterocycles. The summed E-state index contributed by atoms with van der Waals surface area (Å²) in [5.74, 6) is -0.894. The highest BCUT2D eigenvalue weighted by Gasteiger charge is 2.25. The Bertz CT molecular complexity index is 1010. The van der Waals surface area contributed by atoms with Crippen LogP contribution < -0.4 is 5.73 Å². The van der Waals surface area contributed by atoms with E-state index in [1.807, 2.05) is 0 Å². The third-order valence-electron chi connectivity index (χ3n) is 7.64. The monoisotopic (exact) mass is 723 g/mol. The zero-order valence-corrected chi connectivity index (χ0v) is 32.3. The second kappa shape index (κ2) is 36.5. The van der Waals surface area contributed by atoms with Crippen molar-refractivity contribution >= 4 is 19.8 Å². The molecule has 0 aliphatic rings. The van der Waals surface area contributed by atoms with Crippen LogP contribution in [-0.4, -0.2) is 49.3 Å². The van der Waals surface area contributed by atoms with E-state index in [0.717, 1.165) is 70.6 Å². The van der Waals surface area contributed by atoms with Gasteiger partial charge in [-0.2, -0.15) is 0 Å². The quantitative estimate of drug-likeness (QED) is 0.0283. The van der Waals surface area contributed by atoms with Gasteiger partial charge in [0.25, 0.3) is 0 Å². The SMILES string of the molecule is CC/C=C/C/C=C/C/C=C/C/C=C/CCCCC(=O)O[C@H](COC(=O)CCCCCCC/C=C/CCCCCCC)COP(=O)(O)OCCN. The summed E-state index contributed by atoms with van der Waals surface area (Å²) >= 11 is 0. The van der Waals surface area contributed by atoms with Gasteiger partial charge in [0.05, 0.1) is 13.2 Å².